The molecular formula is C9H16N2O3. The van der Waals surface area contributed by atoms with Gasteiger partial charge in [0.1, 0.15) is 6.54 Å². The molecule has 0 atom stereocenters. The summed E-state index contributed by atoms with van der Waals surface area (Å²) in [6.45, 7) is 4.95. The Balaban J connectivity index is 2.61. The molecule has 5 heteroatoms. The number of carboxylic acid groups (broad SMARTS) is 1. The molecule has 0 aromatic rings. The van der Waals surface area contributed by atoms with Crippen LogP contribution in [0.3, 0.4) is 0 Å². The van der Waals surface area contributed by atoms with E-state index >= 15 is 0 Å². The predicted octanol–water partition coefficient (Wildman–Crippen LogP) is 0.607. The van der Waals surface area contributed by atoms with Crippen LogP contribution in [0.15, 0.2) is 0 Å². The van der Waals surface area contributed by atoms with Gasteiger partial charge in [-0.15, -0.1) is 0 Å². The van der Waals surface area contributed by atoms with E-state index in [1.54, 1.807) is 4.90 Å². The fourth-order valence-electron chi connectivity index (χ4n) is 1.59. The molecule has 5 nitrogen and oxygen atoms in total. The highest BCUT2D eigenvalue weighted by Crippen LogP contribution is 2.11. The zero-order chi connectivity index (χ0) is 10.7. The van der Waals surface area contributed by atoms with Gasteiger partial charge >= 0.3 is 12.0 Å². The van der Waals surface area contributed by atoms with Gasteiger partial charge in [-0.3, -0.25) is 4.79 Å². The summed E-state index contributed by atoms with van der Waals surface area (Å²) in [6.07, 6.45) is 0.844. The molecule has 1 heterocycles. The van der Waals surface area contributed by atoms with Gasteiger partial charge in [0.15, 0.2) is 0 Å². The molecule has 0 radical (unpaired) electrons. The monoisotopic (exact) mass is 200 g/mol. The normalized spacial score (nSPS) is 17.8. The summed E-state index contributed by atoms with van der Waals surface area (Å²) in [5.74, 6) is -0.955. The third kappa shape index (κ3) is 2.37. The Hall–Kier alpha value is -1.26. The fraction of sp³-hybridized carbons (Fsp3) is 0.778. The Bertz CT molecular complexity index is 240. The first-order valence-corrected chi connectivity index (χ1v) is 4.79. The van der Waals surface area contributed by atoms with Crippen LogP contribution in [0, 0.1) is 0 Å². The second-order valence-corrected chi connectivity index (χ2v) is 3.74. The van der Waals surface area contributed by atoms with E-state index in [0.29, 0.717) is 6.54 Å². The summed E-state index contributed by atoms with van der Waals surface area (Å²) in [6, 6.07) is -0.0206. The number of carboxylic acids is 1. The highest BCUT2D eigenvalue weighted by Gasteiger charge is 2.28. The van der Waals surface area contributed by atoms with Gasteiger partial charge in [0.25, 0.3) is 0 Å². The molecule has 1 aliphatic rings. The third-order valence-corrected chi connectivity index (χ3v) is 2.29. The number of nitrogens with zero attached hydrogens (tertiary/aromatic N) is 2. The molecule has 1 saturated heterocycles. The molecular weight excluding hydrogens is 184 g/mol. The minimum absolute atomic E-state index is 0.138. The maximum absolute atomic E-state index is 11.7. The van der Waals surface area contributed by atoms with Crippen LogP contribution in [-0.2, 0) is 4.79 Å². The van der Waals surface area contributed by atoms with E-state index in [1.165, 1.54) is 4.90 Å². The highest BCUT2D eigenvalue weighted by atomic mass is 16.4. The van der Waals surface area contributed by atoms with Crippen molar-refractivity contribution in [3.63, 3.8) is 0 Å². The summed E-state index contributed by atoms with van der Waals surface area (Å²) < 4.78 is 0. The van der Waals surface area contributed by atoms with E-state index in [1.807, 2.05) is 13.8 Å². The van der Waals surface area contributed by atoms with Crippen LogP contribution in [-0.4, -0.2) is 52.6 Å². The number of carbonyl (C=O) groups is 2. The van der Waals surface area contributed by atoms with Gasteiger partial charge in [-0.25, -0.2) is 4.79 Å². The van der Waals surface area contributed by atoms with Gasteiger partial charge in [0.05, 0.1) is 0 Å². The quantitative estimate of drug-likeness (QED) is 0.726. The number of urea groups is 1. The molecule has 0 bridgehead atoms. The predicted molar refractivity (Wildman–Crippen MR) is 51.1 cm³/mol. The number of rotatable bonds is 3. The van der Waals surface area contributed by atoms with Crippen molar-refractivity contribution in [1.82, 2.24) is 9.80 Å². The summed E-state index contributed by atoms with van der Waals surface area (Å²) in [5, 5.41) is 8.60. The number of hydrogen-bond donors (Lipinski definition) is 1. The first-order valence-electron chi connectivity index (χ1n) is 4.79. The second-order valence-electron chi connectivity index (χ2n) is 3.74. The summed E-state index contributed by atoms with van der Waals surface area (Å²) in [4.78, 5) is 25.2. The maximum Gasteiger partial charge on any atom is 0.323 e. The van der Waals surface area contributed by atoms with E-state index in [0.717, 1.165) is 13.0 Å². The Kier molecular flexibility index (Phi) is 3.33. The lowest BCUT2D eigenvalue weighted by Crippen LogP contribution is -2.53. The largest absolute Gasteiger partial charge is 0.480 e. The zero-order valence-corrected chi connectivity index (χ0v) is 8.56. The van der Waals surface area contributed by atoms with Crippen molar-refractivity contribution in [2.24, 2.45) is 0 Å². The lowest BCUT2D eigenvalue weighted by Gasteiger charge is -2.37. The smallest absolute Gasteiger partial charge is 0.323 e. The molecule has 80 valence electrons. The van der Waals surface area contributed by atoms with Crippen LogP contribution in [0.5, 0.6) is 0 Å². The van der Waals surface area contributed by atoms with Crippen molar-refractivity contribution in [2.75, 3.05) is 19.6 Å². The lowest BCUT2D eigenvalue weighted by atomic mass is 10.2. The summed E-state index contributed by atoms with van der Waals surface area (Å²) >= 11 is 0. The van der Waals surface area contributed by atoms with Gasteiger partial charge in [0, 0.05) is 19.1 Å². The Morgan fingerprint density at radius 2 is 2.14 bits per heavy atom. The molecule has 0 aromatic heterocycles. The average Bonchev–Trinajstić information content (AvgIpc) is 2.07. The molecule has 0 spiro atoms. The first-order chi connectivity index (χ1) is 6.52. The van der Waals surface area contributed by atoms with Crippen LogP contribution in [0.2, 0.25) is 0 Å². The maximum atomic E-state index is 11.7. The van der Waals surface area contributed by atoms with E-state index in [9.17, 15) is 9.59 Å². The van der Waals surface area contributed by atoms with Crippen molar-refractivity contribution in [2.45, 2.75) is 26.3 Å². The first kappa shape index (κ1) is 10.8. The third-order valence-electron chi connectivity index (χ3n) is 2.29. The second kappa shape index (κ2) is 4.30. The number of carbonyl (C=O) groups excluding carboxylic acids is 1. The van der Waals surface area contributed by atoms with Gasteiger partial charge < -0.3 is 14.9 Å². The summed E-state index contributed by atoms with van der Waals surface area (Å²) in [5.41, 5.74) is 0. The van der Waals surface area contributed by atoms with Crippen molar-refractivity contribution >= 4 is 12.0 Å². The molecule has 14 heavy (non-hydrogen) atoms. The molecule has 0 aliphatic carbocycles. The molecule has 1 aliphatic heterocycles. The van der Waals surface area contributed by atoms with E-state index in [-0.39, 0.29) is 18.6 Å². The number of hydrogen-bond acceptors (Lipinski definition) is 2. The van der Waals surface area contributed by atoms with Crippen LogP contribution in [0.4, 0.5) is 4.79 Å². The minimum Gasteiger partial charge on any atom is -0.480 e. The fourth-order valence-corrected chi connectivity index (χ4v) is 1.59. The van der Waals surface area contributed by atoms with Gasteiger partial charge in [-0.05, 0) is 20.3 Å². The van der Waals surface area contributed by atoms with Crippen molar-refractivity contribution in [3.05, 3.63) is 0 Å². The van der Waals surface area contributed by atoms with Crippen LogP contribution in [0.1, 0.15) is 20.3 Å². The van der Waals surface area contributed by atoms with Crippen LogP contribution in [0.25, 0.3) is 0 Å². The molecule has 0 unspecified atom stereocenters. The standard InChI is InChI=1S/C9H16N2O3/c1-7(2)11-5-3-4-10(9(11)14)6-8(12)13/h7H,3-6H2,1-2H3,(H,12,13). The van der Waals surface area contributed by atoms with Gasteiger partial charge in [0.2, 0.25) is 0 Å². The molecule has 1 N–H and O–H groups in total. The topological polar surface area (TPSA) is 60.9 Å². The molecule has 1 rings (SSSR count). The van der Waals surface area contributed by atoms with Gasteiger partial charge in [-0.2, -0.15) is 0 Å². The number of amides is 2. The molecule has 0 aromatic carbocycles. The van der Waals surface area contributed by atoms with Crippen LogP contribution >= 0.6 is 0 Å². The molecule has 0 saturated carbocycles. The Morgan fingerprint density at radius 3 is 2.64 bits per heavy atom. The number of aliphatic carboxylic acids is 1. The lowest BCUT2D eigenvalue weighted by molar-refractivity contribution is -0.138. The molecule has 2 amide bonds. The average molecular weight is 200 g/mol. The zero-order valence-electron chi connectivity index (χ0n) is 8.56. The van der Waals surface area contributed by atoms with Crippen molar-refractivity contribution in [1.29, 1.82) is 0 Å². The van der Waals surface area contributed by atoms with Crippen molar-refractivity contribution < 1.29 is 14.7 Å². The summed E-state index contributed by atoms with van der Waals surface area (Å²) in [7, 11) is 0. The highest BCUT2D eigenvalue weighted by molar-refractivity contribution is 5.80. The van der Waals surface area contributed by atoms with Gasteiger partial charge in [-0.1, -0.05) is 0 Å². The minimum atomic E-state index is -0.955. The SMILES string of the molecule is CC(C)N1CCCN(CC(=O)O)C1=O. The van der Waals surface area contributed by atoms with Crippen molar-refractivity contribution in [3.8, 4) is 0 Å². The van der Waals surface area contributed by atoms with E-state index in [4.69, 9.17) is 5.11 Å². The molecule has 1 fully saturated rings. The Labute approximate surface area is 83.3 Å². The van der Waals surface area contributed by atoms with E-state index < -0.39 is 5.97 Å². The van der Waals surface area contributed by atoms with E-state index in [2.05, 4.69) is 0 Å². The van der Waals surface area contributed by atoms with Crippen LogP contribution < -0.4 is 0 Å². The Morgan fingerprint density at radius 1 is 1.50 bits per heavy atom.